The minimum Gasteiger partial charge on any atom is -0.299 e. The van der Waals surface area contributed by atoms with Crippen LogP contribution in [0.15, 0.2) is 24.3 Å². The van der Waals surface area contributed by atoms with Crippen LogP contribution in [-0.2, 0) is 0 Å². The molecule has 0 amide bonds. The number of hydrogen-bond donors (Lipinski definition) is 1. The molecule has 1 aliphatic rings. The first-order valence-electron chi connectivity index (χ1n) is 7.13. The van der Waals surface area contributed by atoms with Crippen LogP contribution in [0.25, 0.3) is 0 Å². The van der Waals surface area contributed by atoms with Gasteiger partial charge in [-0.2, -0.15) is 12.6 Å². The fraction of sp³-hybridized carbons (Fsp3) is 0.625. The van der Waals surface area contributed by atoms with E-state index in [1.165, 1.54) is 31.2 Å². The molecular weight excluding hydrogens is 274 g/mol. The number of halogens is 1. The van der Waals surface area contributed by atoms with Gasteiger partial charge in [0, 0.05) is 17.6 Å². The highest BCUT2D eigenvalue weighted by atomic mass is 35.5. The topological polar surface area (TPSA) is 3.24 Å². The quantitative estimate of drug-likeness (QED) is 0.762. The maximum Gasteiger partial charge on any atom is 0.0406 e. The molecule has 1 aromatic rings. The summed E-state index contributed by atoms with van der Waals surface area (Å²) in [4.78, 5) is 2.46. The predicted octanol–water partition coefficient (Wildman–Crippen LogP) is 4.82. The van der Waals surface area contributed by atoms with Crippen molar-refractivity contribution < 1.29 is 0 Å². The van der Waals surface area contributed by atoms with Crippen molar-refractivity contribution in [1.82, 2.24) is 4.90 Å². The smallest absolute Gasteiger partial charge is 0.0406 e. The molecule has 0 spiro atoms. The van der Waals surface area contributed by atoms with Gasteiger partial charge in [0.25, 0.3) is 0 Å². The summed E-state index contributed by atoms with van der Waals surface area (Å²) in [6, 6.07) is 8.64. The van der Waals surface area contributed by atoms with E-state index in [1.54, 1.807) is 0 Å². The summed E-state index contributed by atoms with van der Waals surface area (Å²) in [6.07, 6.45) is 5.38. The van der Waals surface area contributed by atoms with E-state index in [9.17, 15) is 0 Å². The van der Waals surface area contributed by atoms with Gasteiger partial charge >= 0.3 is 0 Å². The van der Waals surface area contributed by atoms with Gasteiger partial charge in [0.1, 0.15) is 0 Å². The summed E-state index contributed by atoms with van der Waals surface area (Å²) < 4.78 is 0. The van der Waals surface area contributed by atoms with E-state index in [2.05, 4.69) is 43.6 Å². The van der Waals surface area contributed by atoms with E-state index in [4.69, 9.17) is 11.6 Å². The van der Waals surface area contributed by atoms with Crippen LogP contribution < -0.4 is 0 Å². The number of nitrogens with zero attached hydrogens (tertiary/aromatic N) is 1. The number of rotatable bonds is 5. The Bertz CT molecular complexity index is 398. The zero-order chi connectivity index (χ0) is 13.9. The van der Waals surface area contributed by atoms with Crippen LogP contribution in [0.5, 0.6) is 0 Å². The molecule has 106 valence electrons. The molecule has 0 saturated heterocycles. The van der Waals surface area contributed by atoms with Gasteiger partial charge in [0.2, 0.25) is 0 Å². The van der Waals surface area contributed by atoms with Gasteiger partial charge in [-0.25, -0.2) is 0 Å². The first-order valence-corrected chi connectivity index (χ1v) is 8.14. The Morgan fingerprint density at radius 1 is 1.26 bits per heavy atom. The van der Waals surface area contributed by atoms with Crippen molar-refractivity contribution in [2.24, 2.45) is 5.41 Å². The lowest BCUT2D eigenvalue weighted by Gasteiger charge is -2.35. The van der Waals surface area contributed by atoms with Gasteiger partial charge < -0.3 is 0 Å². The standard InChI is InChI=1S/C16H24ClNS/c1-13(14-5-7-15(17)8-6-14)18(2)11-16(12-19)9-3-4-10-16/h5-8,13,19H,3-4,9-12H2,1-2H3. The second-order valence-corrected chi connectivity index (χ2v) is 6.76. The number of hydrogen-bond acceptors (Lipinski definition) is 2. The lowest BCUT2D eigenvalue weighted by Crippen LogP contribution is -2.36. The second-order valence-electron chi connectivity index (χ2n) is 6.01. The Morgan fingerprint density at radius 2 is 1.84 bits per heavy atom. The zero-order valence-electron chi connectivity index (χ0n) is 11.9. The minimum absolute atomic E-state index is 0.426. The third-order valence-corrected chi connectivity index (χ3v) is 5.52. The summed E-state index contributed by atoms with van der Waals surface area (Å²) in [6.45, 7) is 3.41. The Balaban J connectivity index is 2.02. The van der Waals surface area contributed by atoms with Crippen molar-refractivity contribution in [3.8, 4) is 0 Å². The SMILES string of the molecule is CC(c1ccc(Cl)cc1)N(C)CC1(CS)CCCC1. The van der Waals surface area contributed by atoms with Crippen molar-refractivity contribution >= 4 is 24.2 Å². The molecule has 0 aromatic heterocycles. The molecule has 1 unspecified atom stereocenters. The van der Waals surface area contributed by atoms with Crippen molar-refractivity contribution in [2.45, 2.75) is 38.6 Å². The lowest BCUT2D eigenvalue weighted by atomic mass is 9.87. The largest absolute Gasteiger partial charge is 0.299 e. The summed E-state index contributed by atoms with van der Waals surface area (Å²) in [5.74, 6) is 1.00. The Kier molecular flexibility index (Phi) is 5.22. The molecular formula is C16H24ClNS. The monoisotopic (exact) mass is 297 g/mol. The second kappa shape index (κ2) is 6.51. The molecule has 19 heavy (non-hydrogen) atoms. The van der Waals surface area contributed by atoms with Gasteiger partial charge in [-0.1, -0.05) is 36.6 Å². The normalized spacial score (nSPS) is 19.8. The molecule has 0 bridgehead atoms. The fourth-order valence-electron chi connectivity index (χ4n) is 3.15. The van der Waals surface area contributed by atoms with E-state index < -0.39 is 0 Å². The number of benzene rings is 1. The van der Waals surface area contributed by atoms with Crippen LogP contribution >= 0.6 is 24.2 Å². The molecule has 1 aliphatic carbocycles. The van der Waals surface area contributed by atoms with Crippen LogP contribution in [0.3, 0.4) is 0 Å². The van der Waals surface area contributed by atoms with Crippen LogP contribution in [0.4, 0.5) is 0 Å². The van der Waals surface area contributed by atoms with Crippen LogP contribution in [0, 0.1) is 5.41 Å². The first kappa shape index (κ1) is 15.2. The van der Waals surface area contributed by atoms with Crippen LogP contribution in [-0.4, -0.2) is 24.2 Å². The zero-order valence-corrected chi connectivity index (χ0v) is 13.6. The maximum atomic E-state index is 5.95. The average Bonchev–Trinajstić information content (AvgIpc) is 2.88. The van der Waals surface area contributed by atoms with Gasteiger partial charge in [-0.3, -0.25) is 4.90 Å². The van der Waals surface area contributed by atoms with Gasteiger partial charge in [0.05, 0.1) is 0 Å². The summed E-state index contributed by atoms with van der Waals surface area (Å²) >= 11 is 10.6. The molecule has 1 saturated carbocycles. The molecule has 0 radical (unpaired) electrons. The fourth-order valence-corrected chi connectivity index (χ4v) is 3.70. The van der Waals surface area contributed by atoms with E-state index in [0.29, 0.717) is 11.5 Å². The van der Waals surface area contributed by atoms with Crippen LogP contribution in [0.2, 0.25) is 5.02 Å². The van der Waals surface area contributed by atoms with Gasteiger partial charge in [-0.15, -0.1) is 0 Å². The van der Waals surface area contributed by atoms with Gasteiger partial charge in [0.15, 0.2) is 0 Å². The molecule has 0 aliphatic heterocycles. The Morgan fingerprint density at radius 3 is 2.37 bits per heavy atom. The van der Waals surface area contributed by atoms with E-state index in [1.807, 2.05) is 12.1 Å². The predicted molar refractivity (Wildman–Crippen MR) is 87.3 cm³/mol. The first-order chi connectivity index (χ1) is 9.06. The third-order valence-electron chi connectivity index (χ3n) is 4.60. The average molecular weight is 298 g/mol. The lowest BCUT2D eigenvalue weighted by molar-refractivity contribution is 0.163. The molecule has 1 aromatic carbocycles. The molecule has 0 N–H and O–H groups in total. The maximum absolute atomic E-state index is 5.95. The Hall–Kier alpha value is -0.180. The molecule has 2 rings (SSSR count). The van der Waals surface area contributed by atoms with Gasteiger partial charge in [-0.05, 0) is 55.7 Å². The third kappa shape index (κ3) is 3.68. The summed E-state index contributed by atoms with van der Waals surface area (Å²) in [7, 11) is 2.22. The molecule has 1 nitrogen and oxygen atoms in total. The summed E-state index contributed by atoms with van der Waals surface area (Å²) in [5, 5.41) is 0.807. The molecule has 1 atom stereocenters. The highest BCUT2D eigenvalue weighted by Crippen LogP contribution is 2.40. The molecule has 3 heteroatoms. The van der Waals surface area contributed by atoms with Crippen molar-refractivity contribution in [2.75, 3.05) is 19.3 Å². The minimum atomic E-state index is 0.426. The van der Waals surface area contributed by atoms with Crippen molar-refractivity contribution in [1.29, 1.82) is 0 Å². The Labute approximate surface area is 127 Å². The van der Waals surface area contributed by atoms with E-state index in [-0.39, 0.29) is 0 Å². The van der Waals surface area contributed by atoms with E-state index in [0.717, 1.165) is 17.3 Å². The molecule has 1 fully saturated rings. The summed E-state index contributed by atoms with van der Waals surface area (Å²) in [5.41, 5.74) is 1.76. The van der Waals surface area contributed by atoms with Crippen molar-refractivity contribution in [3.05, 3.63) is 34.9 Å². The van der Waals surface area contributed by atoms with E-state index >= 15 is 0 Å². The number of thiol groups is 1. The highest BCUT2D eigenvalue weighted by Gasteiger charge is 2.34. The van der Waals surface area contributed by atoms with Crippen molar-refractivity contribution in [3.63, 3.8) is 0 Å². The van der Waals surface area contributed by atoms with Crippen LogP contribution in [0.1, 0.15) is 44.2 Å². The highest BCUT2D eigenvalue weighted by molar-refractivity contribution is 7.80. The molecule has 0 heterocycles.